The van der Waals surface area contributed by atoms with E-state index >= 15 is 0 Å². The Balaban J connectivity index is 0.00000128. The van der Waals surface area contributed by atoms with Crippen molar-refractivity contribution >= 4 is 46.7 Å². The van der Waals surface area contributed by atoms with Gasteiger partial charge in [0.15, 0.2) is 0 Å². The highest BCUT2D eigenvalue weighted by Gasteiger charge is 2.23. The fourth-order valence-electron chi connectivity index (χ4n) is 1.63. The number of carbonyl (C=O) groups is 1. The van der Waals surface area contributed by atoms with E-state index in [-0.39, 0.29) is 12.4 Å². The van der Waals surface area contributed by atoms with Gasteiger partial charge in [0, 0.05) is 9.28 Å². The molecule has 0 bridgehead atoms. The minimum Gasteiger partial charge on any atom is -0.480 e. The molecule has 1 aromatic rings. The van der Waals surface area contributed by atoms with E-state index in [0.29, 0.717) is 6.42 Å². The van der Waals surface area contributed by atoms with Crippen LogP contribution in [0, 0.1) is 3.57 Å². The van der Waals surface area contributed by atoms with Crippen LogP contribution in [-0.4, -0.2) is 22.8 Å². The molecule has 0 radical (unpaired) electrons. The summed E-state index contributed by atoms with van der Waals surface area (Å²) in [7, 11) is 0. The standard InChI is InChI=1S/C11H10INO2.ClH/c12-8-3-1-7(2-4-8)9-5-6-10(13-9)11(14)15;/h1-4,10H,5-6H2,(H,14,15);1H. The highest BCUT2D eigenvalue weighted by atomic mass is 127. The molecule has 1 aliphatic heterocycles. The van der Waals surface area contributed by atoms with Gasteiger partial charge in [-0.3, -0.25) is 4.99 Å². The maximum absolute atomic E-state index is 10.7. The van der Waals surface area contributed by atoms with Gasteiger partial charge in [0.2, 0.25) is 0 Å². The minimum atomic E-state index is -0.824. The third-order valence-electron chi connectivity index (χ3n) is 2.43. The number of nitrogens with zero attached hydrogens (tertiary/aromatic N) is 1. The van der Waals surface area contributed by atoms with Gasteiger partial charge in [-0.2, -0.15) is 0 Å². The Labute approximate surface area is 114 Å². The lowest BCUT2D eigenvalue weighted by Gasteiger charge is -1.99. The van der Waals surface area contributed by atoms with Gasteiger partial charge in [0.25, 0.3) is 0 Å². The van der Waals surface area contributed by atoms with E-state index < -0.39 is 12.0 Å². The van der Waals surface area contributed by atoms with Gasteiger partial charge < -0.3 is 5.11 Å². The van der Waals surface area contributed by atoms with Gasteiger partial charge in [0.1, 0.15) is 6.04 Å². The summed E-state index contributed by atoms with van der Waals surface area (Å²) in [6.45, 7) is 0. The predicted molar refractivity (Wildman–Crippen MR) is 73.6 cm³/mol. The largest absolute Gasteiger partial charge is 0.480 e. The molecular weight excluding hydrogens is 340 g/mol. The minimum absolute atomic E-state index is 0. The first-order valence-corrected chi connectivity index (χ1v) is 5.80. The summed E-state index contributed by atoms with van der Waals surface area (Å²) < 4.78 is 1.17. The monoisotopic (exact) mass is 351 g/mol. The van der Waals surface area contributed by atoms with Crippen molar-refractivity contribution < 1.29 is 9.90 Å². The first-order valence-electron chi connectivity index (χ1n) is 4.72. The van der Waals surface area contributed by atoms with Crippen molar-refractivity contribution in [1.29, 1.82) is 0 Å². The Morgan fingerprint density at radius 3 is 2.50 bits per heavy atom. The van der Waals surface area contributed by atoms with Gasteiger partial charge in [-0.1, -0.05) is 12.1 Å². The summed E-state index contributed by atoms with van der Waals surface area (Å²) in [6, 6.07) is 7.45. The predicted octanol–water partition coefficient (Wildman–Crippen LogP) is 2.75. The average molecular weight is 352 g/mol. The summed E-state index contributed by atoms with van der Waals surface area (Å²) in [6.07, 6.45) is 1.38. The Morgan fingerprint density at radius 2 is 2.00 bits per heavy atom. The molecule has 0 saturated heterocycles. The second-order valence-corrected chi connectivity index (χ2v) is 4.72. The van der Waals surface area contributed by atoms with Gasteiger partial charge >= 0.3 is 5.97 Å². The van der Waals surface area contributed by atoms with E-state index in [4.69, 9.17) is 5.11 Å². The fraction of sp³-hybridized carbons (Fsp3) is 0.273. The SMILES string of the molecule is Cl.O=C(O)C1CCC(c2ccc(I)cc2)=N1. The van der Waals surface area contributed by atoms with Crippen LogP contribution < -0.4 is 0 Å². The van der Waals surface area contributed by atoms with Crippen LogP contribution in [0.3, 0.4) is 0 Å². The smallest absolute Gasteiger partial charge is 0.328 e. The molecule has 1 unspecified atom stereocenters. The molecule has 0 fully saturated rings. The van der Waals surface area contributed by atoms with E-state index in [2.05, 4.69) is 27.6 Å². The number of aliphatic carboxylic acids is 1. The van der Waals surface area contributed by atoms with Crippen molar-refractivity contribution in [3.63, 3.8) is 0 Å². The van der Waals surface area contributed by atoms with E-state index in [1.807, 2.05) is 24.3 Å². The molecule has 0 aliphatic carbocycles. The lowest BCUT2D eigenvalue weighted by Crippen LogP contribution is -2.13. The van der Waals surface area contributed by atoms with E-state index in [1.165, 1.54) is 3.57 Å². The number of rotatable bonds is 2. The van der Waals surface area contributed by atoms with Crippen molar-refractivity contribution in [1.82, 2.24) is 0 Å². The van der Waals surface area contributed by atoms with Crippen LogP contribution in [0.15, 0.2) is 29.3 Å². The molecule has 1 atom stereocenters. The zero-order chi connectivity index (χ0) is 10.8. The van der Waals surface area contributed by atoms with Crippen LogP contribution in [0.5, 0.6) is 0 Å². The fourth-order valence-corrected chi connectivity index (χ4v) is 1.99. The van der Waals surface area contributed by atoms with Crippen molar-refractivity contribution in [3.8, 4) is 0 Å². The molecule has 0 saturated carbocycles. The molecule has 0 aromatic heterocycles. The molecule has 0 amide bonds. The zero-order valence-electron chi connectivity index (χ0n) is 8.39. The number of benzene rings is 1. The average Bonchev–Trinajstić information content (AvgIpc) is 2.68. The molecule has 5 heteroatoms. The summed E-state index contributed by atoms with van der Waals surface area (Å²) in [5, 5.41) is 8.81. The van der Waals surface area contributed by atoms with Gasteiger partial charge in [0.05, 0.1) is 0 Å². The molecule has 1 aliphatic rings. The number of halogens is 2. The summed E-state index contributed by atoms with van der Waals surface area (Å²) >= 11 is 2.24. The third kappa shape index (κ3) is 2.95. The Bertz CT molecular complexity index is 416. The van der Waals surface area contributed by atoms with Crippen LogP contribution in [0.2, 0.25) is 0 Å². The van der Waals surface area contributed by atoms with Crippen LogP contribution in [-0.2, 0) is 4.79 Å². The Hall–Kier alpha value is -0.620. The maximum Gasteiger partial charge on any atom is 0.328 e. The molecule has 1 N–H and O–H groups in total. The molecular formula is C11H11ClINO2. The lowest BCUT2D eigenvalue weighted by molar-refractivity contribution is -0.138. The van der Waals surface area contributed by atoms with E-state index in [0.717, 1.165) is 17.7 Å². The zero-order valence-corrected chi connectivity index (χ0v) is 11.4. The van der Waals surface area contributed by atoms with E-state index in [9.17, 15) is 4.79 Å². The van der Waals surface area contributed by atoms with Crippen LogP contribution >= 0.6 is 35.0 Å². The first kappa shape index (κ1) is 13.4. The molecule has 0 spiro atoms. The summed E-state index contributed by atoms with van der Waals surface area (Å²) in [5.74, 6) is -0.824. The number of aliphatic imine (C=N–C) groups is 1. The van der Waals surface area contributed by atoms with Crippen LogP contribution in [0.4, 0.5) is 0 Å². The number of hydrogen-bond acceptors (Lipinski definition) is 2. The summed E-state index contributed by atoms with van der Waals surface area (Å²) in [5.41, 5.74) is 1.96. The van der Waals surface area contributed by atoms with Crippen molar-refractivity contribution in [3.05, 3.63) is 33.4 Å². The number of carboxylic acid groups (broad SMARTS) is 1. The van der Waals surface area contributed by atoms with Gasteiger partial charge in [-0.25, -0.2) is 4.79 Å². The first-order chi connectivity index (χ1) is 7.16. The van der Waals surface area contributed by atoms with Crippen LogP contribution in [0.1, 0.15) is 18.4 Å². The highest BCUT2D eigenvalue weighted by Crippen LogP contribution is 2.19. The highest BCUT2D eigenvalue weighted by molar-refractivity contribution is 14.1. The maximum atomic E-state index is 10.7. The molecule has 1 heterocycles. The third-order valence-corrected chi connectivity index (χ3v) is 3.15. The summed E-state index contributed by atoms with van der Waals surface area (Å²) in [4.78, 5) is 14.9. The molecule has 3 nitrogen and oxygen atoms in total. The lowest BCUT2D eigenvalue weighted by atomic mass is 10.1. The number of carboxylic acids is 1. The van der Waals surface area contributed by atoms with Crippen molar-refractivity contribution in [2.75, 3.05) is 0 Å². The molecule has 2 rings (SSSR count). The van der Waals surface area contributed by atoms with Crippen molar-refractivity contribution in [2.24, 2.45) is 4.99 Å². The normalized spacial score (nSPS) is 18.8. The van der Waals surface area contributed by atoms with Gasteiger partial charge in [-0.05, 0) is 53.1 Å². The Morgan fingerprint density at radius 1 is 1.38 bits per heavy atom. The second-order valence-electron chi connectivity index (χ2n) is 3.48. The van der Waals surface area contributed by atoms with Crippen LogP contribution in [0.25, 0.3) is 0 Å². The molecule has 86 valence electrons. The van der Waals surface area contributed by atoms with Gasteiger partial charge in [-0.15, -0.1) is 12.4 Å². The topological polar surface area (TPSA) is 49.7 Å². The number of hydrogen-bond donors (Lipinski definition) is 1. The second kappa shape index (κ2) is 5.63. The van der Waals surface area contributed by atoms with Crippen molar-refractivity contribution in [2.45, 2.75) is 18.9 Å². The molecule has 1 aromatic carbocycles. The Kier molecular flexibility index (Phi) is 4.73. The quantitative estimate of drug-likeness (QED) is 0.833. The van der Waals surface area contributed by atoms with E-state index in [1.54, 1.807) is 0 Å². The molecule has 16 heavy (non-hydrogen) atoms.